The van der Waals surface area contributed by atoms with Crippen molar-refractivity contribution >= 4 is 11.6 Å². The number of nitrogens with one attached hydrogen (secondary N) is 1. The minimum absolute atomic E-state index is 0.196. The third kappa shape index (κ3) is 4.77. The van der Waals surface area contributed by atoms with Gasteiger partial charge in [-0.2, -0.15) is 0 Å². The lowest BCUT2D eigenvalue weighted by molar-refractivity contribution is 0.560. The summed E-state index contributed by atoms with van der Waals surface area (Å²) in [5, 5.41) is 3.02. The zero-order valence-electron chi connectivity index (χ0n) is 13.3. The molecule has 23 heavy (non-hydrogen) atoms. The number of anilines is 1. The van der Waals surface area contributed by atoms with Gasteiger partial charge >= 0.3 is 0 Å². The van der Waals surface area contributed by atoms with Crippen molar-refractivity contribution in [2.24, 2.45) is 10.7 Å². The molecular weight excluding hydrogens is 296 g/mol. The number of hydrogen-bond donors (Lipinski definition) is 2. The van der Waals surface area contributed by atoms with Crippen molar-refractivity contribution in [1.82, 2.24) is 0 Å². The fraction of sp³-hybridized carbons (Fsp3) is 0.278. The van der Waals surface area contributed by atoms with Gasteiger partial charge in [0.2, 0.25) is 0 Å². The van der Waals surface area contributed by atoms with Crippen molar-refractivity contribution in [3.63, 3.8) is 0 Å². The van der Waals surface area contributed by atoms with Crippen LogP contribution in [-0.2, 0) is 6.42 Å². The highest BCUT2D eigenvalue weighted by molar-refractivity contribution is 5.92. The second-order valence-corrected chi connectivity index (χ2v) is 5.47. The quantitative estimate of drug-likeness (QED) is 0.645. The van der Waals surface area contributed by atoms with E-state index in [0.717, 1.165) is 18.2 Å². The second kappa shape index (κ2) is 7.72. The Labute approximate surface area is 135 Å². The van der Waals surface area contributed by atoms with Crippen LogP contribution in [0.15, 0.2) is 47.5 Å². The maximum Gasteiger partial charge on any atom is 0.193 e. The number of benzene rings is 2. The molecule has 2 aromatic carbocycles. The topological polar surface area (TPSA) is 50.4 Å². The lowest BCUT2D eigenvalue weighted by Gasteiger charge is -2.12. The van der Waals surface area contributed by atoms with E-state index < -0.39 is 11.6 Å². The first-order valence-corrected chi connectivity index (χ1v) is 7.60. The van der Waals surface area contributed by atoms with Crippen molar-refractivity contribution in [2.75, 3.05) is 11.9 Å². The molecule has 0 saturated carbocycles. The molecule has 0 spiro atoms. The molecule has 2 rings (SSSR count). The fourth-order valence-corrected chi connectivity index (χ4v) is 2.29. The summed E-state index contributed by atoms with van der Waals surface area (Å²) in [6, 6.07) is 11.5. The van der Waals surface area contributed by atoms with E-state index in [1.54, 1.807) is 0 Å². The highest BCUT2D eigenvalue weighted by Crippen LogP contribution is 2.20. The molecular formula is C18H21F2N3. The summed E-state index contributed by atoms with van der Waals surface area (Å²) in [7, 11) is 0. The Kier molecular flexibility index (Phi) is 5.68. The first-order chi connectivity index (χ1) is 11.0. The lowest BCUT2D eigenvalue weighted by atomic mass is 10.0. The molecule has 122 valence electrons. The molecule has 0 bridgehead atoms. The van der Waals surface area contributed by atoms with Gasteiger partial charge in [0.05, 0.1) is 0 Å². The molecule has 0 aliphatic rings. The summed E-state index contributed by atoms with van der Waals surface area (Å²) < 4.78 is 26.7. The summed E-state index contributed by atoms with van der Waals surface area (Å²) in [6.07, 6.45) is 0.938. The summed E-state index contributed by atoms with van der Waals surface area (Å²) in [5.41, 5.74) is 8.36. The molecule has 0 aliphatic heterocycles. The first kappa shape index (κ1) is 16.9. The van der Waals surface area contributed by atoms with E-state index in [0.29, 0.717) is 12.1 Å². The molecule has 5 heteroatoms. The Morgan fingerprint density at radius 3 is 2.70 bits per heavy atom. The first-order valence-electron chi connectivity index (χ1n) is 7.60. The van der Waals surface area contributed by atoms with Crippen LogP contribution < -0.4 is 11.1 Å². The van der Waals surface area contributed by atoms with E-state index in [-0.39, 0.29) is 11.9 Å². The van der Waals surface area contributed by atoms with Crippen LogP contribution in [0.1, 0.15) is 30.9 Å². The molecule has 0 amide bonds. The number of halogens is 2. The highest BCUT2D eigenvalue weighted by Gasteiger charge is 2.11. The van der Waals surface area contributed by atoms with Crippen LogP contribution in [0.2, 0.25) is 0 Å². The van der Waals surface area contributed by atoms with Crippen LogP contribution >= 0.6 is 0 Å². The molecule has 0 radical (unpaired) electrons. The predicted octanol–water partition coefficient (Wildman–Crippen LogP) is 4.06. The van der Waals surface area contributed by atoms with Crippen molar-refractivity contribution in [2.45, 2.75) is 26.2 Å². The van der Waals surface area contributed by atoms with Gasteiger partial charge in [-0.15, -0.1) is 0 Å². The molecule has 0 aliphatic carbocycles. The molecule has 3 N–H and O–H groups in total. The maximum atomic E-state index is 13.7. The molecule has 3 nitrogen and oxygen atoms in total. The molecule has 0 fully saturated rings. The van der Waals surface area contributed by atoms with Gasteiger partial charge in [0.1, 0.15) is 11.6 Å². The standard InChI is InChI=1S/C18H21F2N3/c1-3-13-5-4-6-15(9-13)23-18(21)22-11-12(2)16-8-7-14(19)10-17(16)20/h4-10,12H,3,11H2,1-2H3,(H3,21,22,23). The van der Waals surface area contributed by atoms with Crippen molar-refractivity contribution < 1.29 is 8.78 Å². The third-order valence-corrected chi connectivity index (χ3v) is 3.64. The minimum Gasteiger partial charge on any atom is -0.370 e. The summed E-state index contributed by atoms with van der Waals surface area (Å²) in [4.78, 5) is 4.24. The van der Waals surface area contributed by atoms with Gasteiger partial charge in [0, 0.05) is 24.2 Å². The van der Waals surface area contributed by atoms with Gasteiger partial charge in [-0.25, -0.2) is 8.78 Å². The normalized spacial score (nSPS) is 13.0. The largest absolute Gasteiger partial charge is 0.370 e. The van der Waals surface area contributed by atoms with Gasteiger partial charge in [-0.1, -0.05) is 32.0 Å². The summed E-state index contributed by atoms with van der Waals surface area (Å²) in [6.45, 7) is 4.22. The third-order valence-electron chi connectivity index (χ3n) is 3.64. The van der Waals surface area contributed by atoms with Gasteiger partial charge in [-0.05, 0) is 35.7 Å². The van der Waals surface area contributed by atoms with E-state index in [1.165, 1.54) is 17.7 Å². The molecule has 2 aromatic rings. The molecule has 0 heterocycles. The predicted molar refractivity (Wildman–Crippen MR) is 90.7 cm³/mol. The van der Waals surface area contributed by atoms with Crippen molar-refractivity contribution in [3.8, 4) is 0 Å². The monoisotopic (exact) mass is 317 g/mol. The van der Waals surface area contributed by atoms with Crippen LogP contribution in [0.3, 0.4) is 0 Å². The summed E-state index contributed by atoms with van der Waals surface area (Å²) in [5.74, 6) is -1.07. The van der Waals surface area contributed by atoms with Gasteiger partial charge in [-0.3, -0.25) is 4.99 Å². The Morgan fingerprint density at radius 2 is 2.00 bits per heavy atom. The number of aliphatic imine (C=N–C) groups is 1. The van der Waals surface area contributed by atoms with Gasteiger partial charge in [0.25, 0.3) is 0 Å². The van der Waals surface area contributed by atoms with E-state index in [2.05, 4.69) is 17.2 Å². The number of aryl methyl sites for hydroxylation is 1. The van der Waals surface area contributed by atoms with E-state index >= 15 is 0 Å². The fourth-order valence-electron chi connectivity index (χ4n) is 2.29. The van der Waals surface area contributed by atoms with E-state index in [4.69, 9.17) is 5.73 Å². The average molecular weight is 317 g/mol. The molecule has 1 unspecified atom stereocenters. The number of hydrogen-bond acceptors (Lipinski definition) is 1. The van der Waals surface area contributed by atoms with E-state index in [1.807, 2.05) is 31.2 Å². The highest BCUT2D eigenvalue weighted by atomic mass is 19.1. The SMILES string of the molecule is CCc1cccc(NC(N)=NCC(C)c2ccc(F)cc2F)c1. The minimum atomic E-state index is -0.584. The van der Waals surface area contributed by atoms with Crippen LogP contribution in [0.5, 0.6) is 0 Å². The summed E-state index contributed by atoms with van der Waals surface area (Å²) >= 11 is 0. The zero-order chi connectivity index (χ0) is 16.8. The number of rotatable bonds is 5. The van der Waals surface area contributed by atoms with Crippen LogP contribution in [0.4, 0.5) is 14.5 Å². The smallest absolute Gasteiger partial charge is 0.193 e. The average Bonchev–Trinajstić information content (AvgIpc) is 2.53. The van der Waals surface area contributed by atoms with E-state index in [9.17, 15) is 8.78 Å². The maximum absolute atomic E-state index is 13.7. The molecule has 0 aromatic heterocycles. The molecule has 1 atom stereocenters. The second-order valence-electron chi connectivity index (χ2n) is 5.47. The lowest BCUT2D eigenvalue weighted by Crippen LogP contribution is -2.23. The van der Waals surface area contributed by atoms with Crippen molar-refractivity contribution in [3.05, 3.63) is 65.2 Å². The number of nitrogens with zero attached hydrogens (tertiary/aromatic N) is 1. The van der Waals surface area contributed by atoms with Crippen LogP contribution in [0.25, 0.3) is 0 Å². The Bertz CT molecular complexity index is 698. The van der Waals surface area contributed by atoms with Gasteiger partial charge in [0.15, 0.2) is 5.96 Å². The Hall–Kier alpha value is -2.43. The van der Waals surface area contributed by atoms with Crippen molar-refractivity contribution in [1.29, 1.82) is 0 Å². The molecule has 0 saturated heterocycles. The Morgan fingerprint density at radius 1 is 1.22 bits per heavy atom. The van der Waals surface area contributed by atoms with Crippen LogP contribution in [-0.4, -0.2) is 12.5 Å². The Balaban J connectivity index is 2.00. The number of guanidine groups is 1. The van der Waals surface area contributed by atoms with Crippen LogP contribution in [0, 0.1) is 11.6 Å². The number of nitrogens with two attached hydrogens (primary N) is 1. The zero-order valence-corrected chi connectivity index (χ0v) is 13.3. The van der Waals surface area contributed by atoms with Gasteiger partial charge < -0.3 is 11.1 Å².